The number of carbonyl (C=O) groups is 2. The molecule has 0 aromatic carbocycles. The minimum atomic E-state index is -4.46. The quantitative estimate of drug-likeness (QED) is 0.0205. The highest BCUT2D eigenvalue weighted by atomic mass is 31.2. The molecule has 0 aromatic rings. The van der Waals surface area contributed by atoms with Gasteiger partial charge in [0.25, 0.3) is 0 Å². The number of ether oxygens (including phenoxy) is 1. The van der Waals surface area contributed by atoms with Crippen molar-refractivity contribution in [3.8, 4) is 0 Å². The van der Waals surface area contributed by atoms with Crippen LogP contribution in [0.4, 0.5) is 0 Å². The van der Waals surface area contributed by atoms with Crippen LogP contribution < -0.4 is 5.32 Å². The van der Waals surface area contributed by atoms with E-state index in [4.69, 9.17) is 13.8 Å². The predicted molar refractivity (Wildman–Crippen MR) is 295 cm³/mol. The Bertz CT molecular complexity index is 1370. The van der Waals surface area contributed by atoms with E-state index in [1.165, 1.54) is 148 Å². The Morgan fingerprint density at radius 1 is 0.507 bits per heavy atom. The van der Waals surface area contributed by atoms with Crippen molar-refractivity contribution in [2.24, 2.45) is 0 Å². The Hall–Kier alpha value is -2.29. The van der Waals surface area contributed by atoms with Crippen LogP contribution in [-0.4, -0.2) is 74.3 Å². The molecule has 0 aliphatic carbocycles. The zero-order chi connectivity index (χ0) is 50.8. The maximum absolute atomic E-state index is 13.5. The third-order valence-corrected chi connectivity index (χ3v) is 13.4. The number of quaternary nitrogens is 1. The lowest BCUT2D eigenvalue weighted by atomic mass is 10.0. The van der Waals surface area contributed by atoms with Gasteiger partial charge in [0, 0.05) is 12.8 Å². The molecular formula is C59H110N2O7P+. The zero-order valence-electron chi connectivity index (χ0n) is 45.8. The SMILES string of the molecule is CCCCC/C=C\C/C=C\C/C=C\C/C=C\CCCC(=O)NC(COP(=O)(O)OCC[N+](C)(C)C)C(/C=C/CCCCCCCCCCC)OC(=O)CCCCCCCCCCCCCCCCC. The highest BCUT2D eigenvalue weighted by Crippen LogP contribution is 2.43. The zero-order valence-corrected chi connectivity index (χ0v) is 46.7. The predicted octanol–water partition coefficient (Wildman–Crippen LogP) is 17.1. The van der Waals surface area contributed by atoms with Crippen LogP contribution in [0.2, 0.25) is 0 Å². The molecule has 0 bridgehead atoms. The van der Waals surface area contributed by atoms with Crippen molar-refractivity contribution in [3.63, 3.8) is 0 Å². The maximum Gasteiger partial charge on any atom is 0.472 e. The van der Waals surface area contributed by atoms with E-state index in [1.807, 2.05) is 33.3 Å². The average Bonchev–Trinajstić information content (AvgIpc) is 3.31. The van der Waals surface area contributed by atoms with E-state index in [1.54, 1.807) is 0 Å². The molecule has 0 radical (unpaired) electrons. The van der Waals surface area contributed by atoms with Crippen LogP contribution in [0.15, 0.2) is 60.8 Å². The van der Waals surface area contributed by atoms with Gasteiger partial charge in [-0.25, -0.2) is 4.57 Å². The lowest BCUT2D eigenvalue weighted by Crippen LogP contribution is -2.47. The summed E-state index contributed by atoms with van der Waals surface area (Å²) in [6.07, 6.45) is 60.8. The fourth-order valence-electron chi connectivity index (χ4n) is 7.99. The molecule has 10 heteroatoms. The molecule has 0 rings (SSSR count). The van der Waals surface area contributed by atoms with Crippen LogP contribution in [0.25, 0.3) is 0 Å². The first kappa shape index (κ1) is 66.7. The van der Waals surface area contributed by atoms with Crippen LogP contribution in [-0.2, 0) is 27.9 Å². The number of allylic oxidation sites excluding steroid dienone is 9. The van der Waals surface area contributed by atoms with E-state index in [-0.39, 0.29) is 37.9 Å². The second-order valence-corrected chi connectivity index (χ2v) is 21.9. The Morgan fingerprint density at radius 2 is 0.899 bits per heavy atom. The summed E-state index contributed by atoms with van der Waals surface area (Å²) in [7, 11) is 1.46. The molecule has 1 amide bonds. The summed E-state index contributed by atoms with van der Waals surface area (Å²) in [5, 5.41) is 3.01. The monoisotopic (exact) mass is 990 g/mol. The summed E-state index contributed by atoms with van der Waals surface area (Å²) >= 11 is 0. The van der Waals surface area contributed by atoms with Gasteiger partial charge in [-0.3, -0.25) is 18.6 Å². The molecule has 3 atom stereocenters. The van der Waals surface area contributed by atoms with Crippen molar-refractivity contribution in [2.45, 2.75) is 264 Å². The van der Waals surface area contributed by atoms with Gasteiger partial charge >= 0.3 is 13.8 Å². The third kappa shape index (κ3) is 50.4. The number of phosphoric ester groups is 1. The molecule has 69 heavy (non-hydrogen) atoms. The number of carbonyl (C=O) groups excluding carboxylic acids is 2. The van der Waals surface area contributed by atoms with E-state index in [9.17, 15) is 19.0 Å². The Labute approximate surface area is 426 Å². The van der Waals surface area contributed by atoms with E-state index in [0.717, 1.165) is 64.2 Å². The highest BCUT2D eigenvalue weighted by molar-refractivity contribution is 7.47. The van der Waals surface area contributed by atoms with Crippen molar-refractivity contribution in [1.29, 1.82) is 0 Å². The number of esters is 1. The van der Waals surface area contributed by atoms with E-state index in [2.05, 4.69) is 74.7 Å². The van der Waals surface area contributed by atoms with Gasteiger partial charge in [-0.2, -0.15) is 0 Å². The van der Waals surface area contributed by atoms with Gasteiger partial charge in [0.05, 0.1) is 33.8 Å². The molecule has 0 aliphatic rings. The Kier molecular flexibility index (Phi) is 47.7. The fourth-order valence-corrected chi connectivity index (χ4v) is 8.73. The topological polar surface area (TPSA) is 111 Å². The summed E-state index contributed by atoms with van der Waals surface area (Å²) < 4.78 is 30.5. The highest BCUT2D eigenvalue weighted by Gasteiger charge is 2.30. The van der Waals surface area contributed by atoms with Gasteiger partial charge in [-0.05, 0) is 70.3 Å². The standard InChI is InChI=1S/C59H109N2O7P/c1-7-10-13-16-19-22-25-27-29-30-32-33-36-39-42-45-48-51-58(62)60-56(55-67-69(64,65)66-54-53-61(4,5)6)57(50-47-44-41-38-35-24-21-18-15-12-9-3)68-59(63)52-49-46-43-40-37-34-31-28-26-23-20-17-14-11-8-2/h19,22,27,29,32-33,39,42,47,50,56-57H,7-18,20-21,23-26,28,30-31,34-38,40-41,43-46,48-49,51-55H2,1-6H3,(H-,60,62,64,65)/p+1/b22-19-,29-27-,33-32-,42-39-,50-47+. The van der Waals surface area contributed by atoms with Gasteiger partial charge in [-0.1, -0.05) is 230 Å². The summed E-state index contributed by atoms with van der Waals surface area (Å²) in [5.41, 5.74) is 0. The summed E-state index contributed by atoms with van der Waals surface area (Å²) in [4.78, 5) is 37.5. The van der Waals surface area contributed by atoms with Gasteiger partial charge in [0.15, 0.2) is 0 Å². The maximum atomic E-state index is 13.5. The molecule has 3 unspecified atom stereocenters. The third-order valence-electron chi connectivity index (χ3n) is 12.5. The Morgan fingerprint density at radius 3 is 1.38 bits per heavy atom. The number of nitrogens with one attached hydrogen (secondary N) is 1. The molecular weight excluding hydrogens is 880 g/mol. The lowest BCUT2D eigenvalue weighted by Gasteiger charge is -2.27. The summed E-state index contributed by atoms with van der Waals surface area (Å²) in [6, 6.07) is -0.874. The van der Waals surface area contributed by atoms with Crippen LogP contribution in [0, 0.1) is 0 Å². The first-order valence-electron chi connectivity index (χ1n) is 28.6. The summed E-state index contributed by atoms with van der Waals surface area (Å²) in [5.74, 6) is -0.567. The fraction of sp³-hybridized carbons (Fsp3) is 0.797. The molecule has 0 fully saturated rings. The van der Waals surface area contributed by atoms with Crippen LogP contribution in [0.5, 0.6) is 0 Å². The minimum Gasteiger partial charge on any atom is -0.456 e. The molecule has 0 saturated heterocycles. The number of hydrogen-bond donors (Lipinski definition) is 2. The molecule has 0 spiro atoms. The van der Waals surface area contributed by atoms with Crippen molar-refractivity contribution < 1.29 is 37.3 Å². The number of rotatable bonds is 51. The van der Waals surface area contributed by atoms with E-state index >= 15 is 0 Å². The van der Waals surface area contributed by atoms with Crippen molar-refractivity contribution in [3.05, 3.63) is 60.8 Å². The summed E-state index contributed by atoms with van der Waals surface area (Å²) in [6.45, 7) is 6.94. The van der Waals surface area contributed by atoms with Crippen LogP contribution in [0.3, 0.4) is 0 Å². The molecule has 0 heterocycles. The van der Waals surface area contributed by atoms with Crippen LogP contribution >= 0.6 is 7.82 Å². The van der Waals surface area contributed by atoms with Crippen LogP contribution in [0.1, 0.15) is 252 Å². The van der Waals surface area contributed by atoms with Gasteiger partial charge < -0.3 is 19.4 Å². The molecule has 0 saturated carbocycles. The second kappa shape index (κ2) is 49.3. The number of likely N-dealkylation sites (N-methyl/N-ethyl adjacent to an activating group) is 1. The normalized spacial score (nSPS) is 14.2. The lowest BCUT2D eigenvalue weighted by molar-refractivity contribution is -0.870. The first-order valence-corrected chi connectivity index (χ1v) is 30.1. The van der Waals surface area contributed by atoms with E-state index < -0.39 is 20.0 Å². The molecule has 9 nitrogen and oxygen atoms in total. The molecule has 402 valence electrons. The number of nitrogens with zero attached hydrogens (tertiary/aromatic N) is 1. The average molecular weight is 991 g/mol. The van der Waals surface area contributed by atoms with Gasteiger partial charge in [0.2, 0.25) is 5.91 Å². The van der Waals surface area contributed by atoms with Gasteiger partial charge in [0.1, 0.15) is 19.3 Å². The van der Waals surface area contributed by atoms with Crippen molar-refractivity contribution in [2.75, 3.05) is 40.9 Å². The second-order valence-electron chi connectivity index (χ2n) is 20.5. The van der Waals surface area contributed by atoms with E-state index in [0.29, 0.717) is 17.4 Å². The smallest absolute Gasteiger partial charge is 0.456 e. The molecule has 0 aliphatic heterocycles. The van der Waals surface area contributed by atoms with Gasteiger partial charge in [-0.15, -0.1) is 0 Å². The number of amides is 1. The molecule has 2 N–H and O–H groups in total. The molecule has 0 aromatic heterocycles. The number of hydrogen-bond acceptors (Lipinski definition) is 6. The van der Waals surface area contributed by atoms with Crippen molar-refractivity contribution in [1.82, 2.24) is 5.32 Å². The number of unbranched alkanes of at least 4 members (excludes halogenated alkanes) is 27. The Balaban J connectivity index is 5.41. The minimum absolute atomic E-state index is 0.0299. The number of phosphoric acid groups is 1. The van der Waals surface area contributed by atoms with Crippen molar-refractivity contribution >= 4 is 19.7 Å². The first-order chi connectivity index (χ1) is 33.4. The largest absolute Gasteiger partial charge is 0.472 e.